The first-order chi connectivity index (χ1) is 10.5. The quantitative estimate of drug-likeness (QED) is 0.744. The Morgan fingerprint density at radius 1 is 1.32 bits per heavy atom. The molecule has 0 unspecified atom stereocenters. The number of carbonyl (C=O) groups excluding carboxylic acids is 1. The van der Waals surface area contributed by atoms with E-state index in [-0.39, 0.29) is 11.2 Å². The fourth-order valence-electron chi connectivity index (χ4n) is 5.33. The number of hydrogen-bond acceptors (Lipinski definition) is 2. The highest BCUT2D eigenvalue weighted by Crippen LogP contribution is 2.61. The zero-order chi connectivity index (χ0) is 15.5. The molecule has 0 amide bonds. The van der Waals surface area contributed by atoms with Crippen molar-refractivity contribution in [3.63, 3.8) is 0 Å². The molecule has 0 bridgehead atoms. The lowest BCUT2D eigenvalue weighted by Crippen LogP contribution is -2.48. The third-order valence-electron chi connectivity index (χ3n) is 6.77. The number of hydrogen-bond donors (Lipinski definition) is 1. The topological polar surface area (TPSA) is 37.3 Å². The summed E-state index contributed by atoms with van der Waals surface area (Å²) in [6.45, 7) is 2.18. The number of halogens is 1. The Balaban J connectivity index is 1.81. The van der Waals surface area contributed by atoms with E-state index in [0.29, 0.717) is 24.1 Å². The summed E-state index contributed by atoms with van der Waals surface area (Å²) in [6.07, 6.45) is 11.8. The second-order valence-electron chi connectivity index (χ2n) is 7.64. The van der Waals surface area contributed by atoms with E-state index < -0.39 is 5.60 Å². The van der Waals surface area contributed by atoms with Crippen molar-refractivity contribution in [3.8, 4) is 0 Å². The molecule has 0 aromatic rings. The monoisotopic (exact) mass is 318 g/mol. The molecule has 0 aromatic heterocycles. The third-order valence-corrected chi connectivity index (χ3v) is 7.22. The maximum absolute atomic E-state index is 11.7. The van der Waals surface area contributed by atoms with E-state index in [2.05, 4.69) is 19.1 Å². The van der Waals surface area contributed by atoms with Crippen LogP contribution < -0.4 is 0 Å². The molecule has 0 aliphatic heterocycles. The largest absolute Gasteiger partial charge is 0.388 e. The fourth-order valence-corrected chi connectivity index (χ4v) is 5.75. The van der Waals surface area contributed by atoms with Crippen molar-refractivity contribution in [3.05, 3.63) is 34.9 Å². The van der Waals surface area contributed by atoms with Crippen LogP contribution in [-0.4, -0.2) is 22.4 Å². The molecule has 0 heterocycles. The SMILES string of the molecule is C[C@]12C=CC3=C4CCC(=O)C=C4CC[C@H]3[C@@H]1CC[C@@]2(O)CCl. The molecule has 4 atom stereocenters. The van der Waals surface area contributed by atoms with Crippen LogP contribution in [0.4, 0.5) is 0 Å². The summed E-state index contributed by atoms with van der Waals surface area (Å²) in [5.74, 6) is 1.58. The summed E-state index contributed by atoms with van der Waals surface area (Å²) in [6, 6.07) is 0. The van der Waals surface area contributed by atoms with Crippen LogP contribution in [0.1, 0.15) is 45.4 Å². The molecule has 0 saturated heterocycles. The van der Waals surface area contributed by atoms with Gasteiger partial charge in [-0.25, -0.2) is 0 Å². The molecular formula is C19H23ClO2. The molecule has 1 fully saturated rings. The minimum Gasteiger partial charge on any atom is -0.388 e. The fraction of sp³-hybridized carbons (Fsp3) is 0.632. The third kappa shape index (κ3) is 1.80. The predicted octanol–water partition coefficient (Wildman–Crippen LogP) is 3.94. The van der Waals surface area contributed by atoms with Gasteiger partial charge in [0.2, 0.25) is 0 Å². The number of aliphatic hydroxyl groups is 1. The van der Waals surface area contributed by atoms with Crippen LogP contribution in [0.2, 0.25) is 0 Å². The van der Waals surface area contributed by atoms with E-state index in [4.69, 9.17) is 11.6 Å². The Hall–Kier alpha value is -0.860. The van der Waals surface area contributed by atoms with Crippen LogP contribution in [0.15, 0.2) is 34.9 Å². The maximum atomic E-state index is 11.7. The van der Waals surface area contributed by atoms with Gasteiger partial charge in [0.05, 0.1) is 11.5 Å². The van der Waals surface area contributed by atoms with E-state index in [1.807, 2.05) is 6.08 Å². The molecule has 1 saturated carbocycles. The molecular weight excluding hydrogens is 296 g/mol. The van der Waals surface area contributed by atoms with Gasteiger partial charge in [-0.1, -0.05) is 19.1 Å². The lowest BCUT2D eigenvalue weighted by Gasteiger charge is -2.48. The van der Waals surface area contributed by atoms with Gasteiger partial charge < -0.3 is 5.11 Å². The molecule has 0 spiro atoms. The number of allylic oxidation sites excluding steroid dienone is 5. The maximum Gasteiger partial charge on any atom is 0.156 e. The predicted molar refractivity (Wildman–Crippen MR) is 87.7 cm³/mol. The van der Waals surface area contributed by atoms with Gasteiger partial charge in [0.15, 0.2) is 5.78 Å². The smallest absolute Gasteiger partial charge is 0.156 e. The van der Waals surface area contributed by atoms with Gasteiger partial charge in [0, 0.05) is 11.8 Å². The lowest BCUT2D eigenvalue weighted by atomic mass is 9.58. The summed E-state index contributed by atoms with van der Waals surface area (Å²) >= 11 is 6.12. The molecule has 22 heavy (non-hydrogen) atoms. The molecule has 2 nitrogen and oxygen atoms in total. The van der Waals surface area contributed by atoms with Crippen LogP contribution in [0.3, 0.4) is 0 Å². The van der Waals surface area contributed by atoms with Crippen molar-refractivity contribution in [2.75, 3.05) is 5.88 Å². The first-order valence-corrected chi connectivity index (χ1v) is 8.96. The van der Waals surface area contributed by atoms with Gasteiger partial charge in [0.25, 0.3) is 0 Å². The van der Waals surface area contributed by atoms with Crippen molar-refractivity contribution in [1.29, 1.82) is 0 Å². The summed E-state index contributed by atoms with van der Waals surface area (Å²) in [7, 11) is 0. The Morgan fingerprint density at radius 2 is 2.14 bits per heavy atom. The van der Waals surface area contributed by atoms with Crippen molar-refractivity contribution in [2.24, 2.45) is 17.3 Å². The van der Waals surface area contributed by atoms with E-state index in [1.165, 1.54) is 16.7 Å². The van der Waals surface area contributed by atoms with Crippen LogP contribution in [0.25, 0.3) is 0 Å². The Bertz CT molecular complexity index is 629. The van der Waals surface area contributed by atoms with E-state index in [0.717, 1.165) is 32.1 Å². The standard InChI is InChI=1S/C19H23ClO2/c1-18-8-6-15-14-5-3-13(21)10-12(14)2-4-16(15)17(18)7-9-19(18,22)11-20/h6,8,10,16-17,22H,2-5,7,9,11H2,1H3/t16-,17+,18+,19-/m1/s1. The number of rotatable bonds is 1. The Morgan fingerprint density at radius 3 is 2.91 bits per heavy atom. The summed E-state index contributed by atoms with van der Waals surface area (Å²) in [5.41, 5.74) is 3.13. The zero-order valence-electron chi connectivity index (χ0n) is 13.1. The highest BCUT2D eigenvalue weighted by molar-refractivity contribution is 6.18. The van der Waals surface area contributed by atoms with E-state index in [9.17, 15) is 9.90 Å². The summed E-state index contributed by atoms with van der Waals surface area (Å²) in [5, 5.41) is 11.0. The van der Waals surface area contributed by atoms with E-state index in [1.54, 1.807) is 0 Å². The van der Waals surface area contributed by atoms with Crippen molar-refractivity contribution >= 4 is 17.4 Å². The van der Waals surface area contributed by atoms with Gasteiger partial charge in [-0.3, -0.25) is 4.79 Å². The molecule has 4 aliphatic carbocycles. The molecule has 3 heteroatoms. The first-order valence-electron chi connectivity index (χ1n) is 8.43. The molecule has 4 rings (SSSR count). The summed E-state index contributed by atoms with van der Waals surface area (Å²) < 4.78 is 0. The number of carbonyl (C=O) groups is 1. The van der Waals surface area contributed by atoms with Gasteiger partial charge in [0.1, 0.15) is 0 Å². The summed E-state index contributed by atoms with van der Waals surface area (Å²) in [4.78, 5) is 11.7. The van der Waals surface area contributed by atoms with Gasteiger partial charge >= 0.3 is 0 Å². The highest BCUT2D eigenvalue weighted by atomic mass is 35.5. The number of alkyl halides is 1. The van der Waals surface area contributed by atoms with Crippen molar-refractivity contribution in [1.82, 2.24) is 0 Å². The zero-order valence-corrected chi connectivity index (χ0v) is 13.8. The second-order valence-corrected chi connectivity index (χ2v) is 7.91. The average Bonchev–Trinajstić information content (AvgIpc) is 2.79. The van der Waals surface area contributed by atoms with Crippen molar-refractivity contribution < 1.29 is 9.90 Å². The normalized spacial score (nSPS) is 43.6. The molecule has 4 aliphatic rings. The van der Waals surface area contributed by atoms with Crippen LogP contribution in [0, 0.1) is 17.3 Å². The number of ketones is 1. The van der Waals surface area contributed by atoms with E-state index >= 15 is 0 Å². The molecule has 118 valence electrons. The lowest BCUT2D eigenvalue weighted by molar-refractivity contribution is -0.114. The Labute approximate surface area is 136 Å². The average molecular weight is 319 g/mol. The minimum atomic E-state index is -0.773. The minimum absolute atomic E-state index is 0.213. The van der Waals surface area contributed by atoms with Crippen LogP contribution in [-0.2, 0) is 4.79 Å². The first kappa shape index (κ1) is 14.7. The van der Waals surface area contributed by atoms with Gasteiger partial charge in [-0.2, -0.15) is 0 Å². The molecule has 0 radical (unpaired) electrons. The second kappa shape index (κ2) is 4.82. The number of fused-ring (bicyclic) bond motifs is 4. The van der Waals surface area contributed by atoms with Crippen molar-refractivity contribution in [2.45, 2.75) is 51.0 Å². The van der Waals surface area contributed by atoms with Gasteiger partial charge in [-0.15, -0.1) is 11.6 Å². The van der Waals surface area contributed by atoms with Crippen LogP contribution >= 0.6 is 11.6 Å². The van der Waals surface area contributed by atoms with Crippen LogP contribution in [0.5, 0.6) is 0 Å². The Kier molecular flexibility index (Phi) is 3.22. The highest BCUT2D eigenvalue weighted by Gasteiger charge is 2.58. The van der Waals surface area contributed by atoms with Gasteiger partial charge in [-0.05, 0) is 66.7 Å². The molecule has 0 aromatic carbocycles. The molecule has 1 N–H and O–H groups in total.